The third-order valence-electron chi connectivity index (χ3n) is 4.85. The molecule has 0 radical (unpaired) electrons. The Morgan fingerprint density at radius 1 is 1.00 bits per heavy atom. The highest BCUT2D eigenvalue weighted by molar-refractivity contribution is 5.96. The van der Waals surface area contributed by atoms with Gasteiger partial charge in [0.25, 0.3) is 5.91 Å². The lowest BCUT2D eigenvalue weighted by Crippen LogP contribution is -2.46. The van der Waals surface area contributed by atoms with E-state index in [1.165, 1.54) is 0 Å². The van der Waals surface area contributed by atoms with Crippen molar-refractivity contribution in [1.82, 2.24) is 19.9 Å². The summed E-state index contributed by atoms with van der Waals surface area (Å²) in [5, 5.41) is 3.87. The van der Waals surface area contributed by atoms with E-state index < -0.39 is 0 Å². The van der Waals surface area contributed by atoms with Crippen molar-refractivity contribution in [2.75, 3.05) is 59.0 Å². The Labute approximate surface area is 147 Å². The maximum Gasteiger partial charge on any atom is 0.259 e. The number of morpholine rings is 1. The predicted octanol–water partition coefficient (Wildman–Crippen LogP) is 0.298. The molecule has 0 saturated carbocycles. The zero-order valence-electron chi connectivity index (χ0n) is 15.0. The Balaban J connectivity index is 1.55. The molecule has 1 aromatic rings. The van der Waals surface area contributed by atoms with Gasteiger partial charge >= 0.3 is 0 Å². The van der Waals surface area contributed by atoms with Gasteiger partial charge in [-0.2, -0.15) is 0 Å². The molecule has 1 aromatic heterocycles. The molecule has 25 heavy (non-hydrogen) atoms. The standard InChI is InChI=1S/C17H26N4O4/c1-13-16(14(2)25-18-13)17(23)21-5-3-4-19(6-7-21)12-15(22)20-8-10-24-11-9-20/h3-12H2,1-2H3. The van der Waals surface area contributed by atoms with Crippen LogP contribution in [0, 0.1) is 13.8 Å². The monoisotopic (exact) mass is 350 g/mol. The van der Waals surface area contributed by atoms with Gasteiger partial charge in [-0.05, 0) is 20.3 Å². The van der Waals surface area contributed by atoms with E-state index in [1.54, 1.807) is 13.8 Å². The molecule has 0 spiro atoms. The van der Waals surface area contributed by atoms with Crippen LogP contribution in [0.4, 0.5) is 0 Å². The fraction of sp³-hybridized carbons (Fsp3) is 0.706. The van der Waals surface area contributed by atoms with Crippen LogP contribution in [-0.2, 0) is 9.53 Å². The van der Waals surface area contributed by atoms with Gasteiger partial charge in [-0.1, -0.05) is 5.16 Å². The zero-order valence-corrected chi connectivity index (χ0v) is 15.0. The lowest BCUT2D eigenvalue weighted by molar-refractivity contribution is -0.136. The second kappa shape index (κ2) is 7.97. The van der Waals surface area contributed by atoms with E-state index in [-0.39, 0.29) is 11.8 Å². The van der Waals surface area contributed by atoms with Crippen molar-refractivity contribution in [3.05, 3.63) is 17.0 Å². The number of nitrogens with zero attached hydrogens (tertiary/aromatic N) is 4. The summed E-state index contributed by atoms with van der Waals surface area (Å²) in [4.78, 5) is 31.0. The zero-order chi connectivity index (χ0) is 17.8. The van der Waals surface area contributed by atoms with Crippen LogP contribution >= 0.6 is 0 Å². The van der Waals surface area contributed by atoms with Crippen LogP contribution in [-0.4, -0.2) is 90.7 Å². The van der Waals surface area contributed by atoms with Gasteiger partial charge in [-0.25, -0.2) is 0 Å². The van der Waals surface area contributed by atoms with E-state index >= 15 is 0 Å². The summed E-state index contributed by atoms with van der Waals surface area (Å²) < 4.78 is 10.4. The molecule has 2 aliphatic heterocycles. The van der Waals surface area contributed by atoms with Gasteiger partial charge in [0, 0.05) is 39.3 Å². The van der Waals surface area contributed by atoms with Gasteiger partial charge in [-0.3, -0.25) is 14.5 Å². The number of hydrogen-bond acceptors (Lipinski definition) is 6. The van der Waals surface area contributed by atoms with Crippen molar-refractivity contribution < 1.29 is 18.8 Å². The topological polar surface area (TPSA) is 79.1 Å². The van der Waals surface area contributed by atoms with E-state index in [0.29, 0.717) is 69.5 Å². The molecular formula is C17H26N4O4. The van der Waals surface area contributed by atoms with Gasteiger partial charge in [0.05, 0.1) is 25.5 Å². The molecule has 0 aromatic carbocycles. The third kappa shape index (κ3) is 4.19. The molecule has 2 fully saturated rings. The maximum absolute atomic E-state index is 12.7. The summed E-state index contributed by atoms with van der Waals surface area (Å²) in [7, 11) is 0. The van der Waals surface area contributed by atoms with E-state index in [1.807, 2.05) is 9.80 Å². The van der Waals surface area contributed by atoms with Crippen LogP contribution in [0.1, 0.15) is 28.2 Å². The van der Waals surface area contributed by atoms with Gasteiger partial charge in [-0.15, -0.1) is 0 Å². The van der Waals surface area contributed by atoms with Crippen LogP contribution in [0.5, 0.6) is 0 Å². The van der Waals surface area contributed by atoms with E-state index in [2.05, 4.69) is 10.1 Å². The molecule has 3 heterocycles. The maximum atomic E-state index is 12.7. The molecule has 2 amide bonds. The molecule has 0 bridgehead atoms. The van der Waals surface area contributed by atoms with Crippen molar-refractivity contribution in [2.45, 2.75) is 20.3 Å². The van der Waals surface area contributed by atoms with Crippen molar-refractivity contribution in [3.8, 4) is 0 Å². The highest BCUT2D eigenvalue weighted by Gasteiger charge is 2.26. The smallest absolute Gasteiger partial charge is 0.259 e. The molecule has 8 heteroatoms. The van der Waals surface area contributed by atoms with Gasteiger partial charge < -0.3 is 19.1 Å². The first-order chi connectivity index (χ1) is 12.1. The van der Waals surface area contributed by atoms with Gasteiger partial charge in [0.2, 0.25) is 5.91 Å². The molecule has 8 nitrogen and oxygen atoms in total. The molecule has 0 aliphatic carbocycles. The minimum atomic E-state index is -0.0300. The number of ether oxygens (including phenoxy) is 1. The fourth-order valence-electron chi connectivity index (χ4n) is 3.38. The Morgan fingerprint density at radius 3 is 2.44 bits per heavy atom. The lowest BCUT2D eigenvalue weighted by Gasteiger charge is -2.29. The number of amides is 2. The van der Waals surface area contributed by atoms with E-state index in [4.69, 9.17) is 9.26 Å². The summed E-state index contributed by atoms with van der Waals surface area (Å²) >= 11 is 0. The molecule has 0 N–H and O–H groups in total. The molecule has 0 unspecified atom stereocenters. The lowest BCUT2D eigenvalue weighted by atomic mass is 10.1. The minimum absolute atomic E-state index is 0.0300. The number of aryl methyl sites for hydroxylation is 2. The average Bonchev–Trinajstić information content (AvgIpc) is 2.82. The van der Waals surface area contributed by atoms with Crippen LogP contribution in [0.15, 0.2) is 4.52 Å². The van der Waals surface area contributed by atoms with Crippen molar-refractivity contribution >= 4 is 11.8 Å². The predicted molar refractivity (Wildman–Crippen MR) is 90.3 cm³/mol. The van der Waals surface area contributed by atoms with Gasteiger partial charge in [0.15, 0.2) is 0 Å². The van der Waals surface area contributed by atoms with Crippen LogP contribution in [0.3, 0.4) is 0 Å². The van der Waals surface area contributed by atoms with Crippen molar-refractivity contribution in [2.24, 2.45) is 0 Å². The molecule has 0 atom stereocenters. The first-order valence-electron chi connectivity index (χ1n) is 8.86. The van der Waals surface area contributed by atoms with Crippen molar-refractivity contribution in [3.63, 3.8) is 0 Å². The Bertz CT molecular complexity index is 605. The van der Waals surface area contributed by atoms with Crippen LogP contribution in [0.2, 0.25) is 0 Å². The first-order valence-corrected chi connectivity index (χ1v) is 8.86. The largest absolute Gasteiger partial charge is 0.378 e. The second-order valence-electron chi connectivity index (χ2n) is 6.61. The third-order valence-corrected chi connectivity index (χ3v) is 4.85. The Morgan fingerprint density at radius 2 is 1.76 bits per heavy atom. The normalized spacial score (nSPS) is 19.8. The summed E-state index contributed by atoms with van der Waals surface area (Å²) in [5.41, 5.74) is 1.20. The van der Waals surface area contributed by atoms with E-state index in [0.717, 1.165) is 13.0 Å². The molecular weight excluding hydrogens is 324 g/mol. The second-order valence-corrected chi connectivity index (χ2v) is 6.61. The number of rotatable bonds is 3. The summed E-state index contributed by atoms with van der Waals surface area (Å²) in [6.07, 6.45) is 0.853. The van der Waals surface area contributed by atoms with E-state index in [9.17, 15) is 9.59 Å². The number of hydrogen-bond donors (Lipinski definition) is 0. The average molecular weight is 350 g/mol. The minimum Gasteiger partial charge on any atom is -0.378 e. The van der Waals surface area contributed by atoms with Crippen molar-refractivity contribution in [1.29, 1.82) is 0 Å². The molecule has 2 saturated heterocycles. The number of carbonyl (C=O) groups is 2. The summed E-state index contributed by atoms with van der Waals surface area (Å²) in [5.74, 6) is 0.678. The summed E-state index contributed by atoms with van der Waals surface area (Å²) in [6, 6.07) is 0. The fourth-order valence-corrected chi connectivity index (χ4v) is 3.38. The quantitative estimate of drug-likeness (QED) is 0.780. The first kappa shape index (κ1) is 17.9. The summed E-state index contributed by atoms with van der Waals surface area (Å²) in [6.45, 7) is 9.35. The Kier molecular flexibility index (Phi) is 5.70. The van der Waals surface area contributed by atoms with Crippen LogP contribution in [0.25, 0.3) is 0 Å². The van der Waals surface area contributed by atoms with Gasteiger partial charge in [0.1, 0.15) is 11.3 Å². The SMILES string of the molecule is Cc1noc(C)c1C(=O)N1CCCN(CC(=O)N2CCOCC2)CC1. The highest BCUT2D eigenvalue weighted by atomic mass is 16.5. The molecule has 3 rings (SSSR count). The van der Waals surface area contributed by atoms with Crippen LogP contribution < -0.4 is 0 Å². The molecule has 138 valence electrons. The highest BCUT2D eigenvalue weighted by Crippen LogP contribution is 2.16. The number of carbonyl (C=O) groups excluding carboxylic acids is 2. The molecule has 2 aliphatic rings. The number of aromatic nitrogens is 1. The Hall–Kier alpha value is -1.93.